The maximum Gasteiger partial charge on any atom is 0.251 e. The Morgan fingerprint density at radius 1 is 1.22 bits per heavy atom. The van der Waals surface area contributed by atoms with E-state index in [-0.39, 0.29) is 29.9 Å². The largest absolute Gasteiger partial charge is 0.352 e. The predicted molar refractivity (Wildman–Crippen MR) is 123 cm³/mol. The molecule has 0 aliphatic carbocycles. The Hall–Kier alpha value is -1.35. The van der Waals surface area contributed by atoms with Crippen LogP contribution in [0, 0.1) is 5.92 Å². The highest BCUT2D eigenvalue weighted by atomic mass is 127. The van der Waals surface area contributed by atoms with Crippen LogP contribution in [0.5, 0.6) is 0 Å². The van der Waals surface area contributed by atoms with E-state index in [9.17, 15) is 4.79 Å². The number of guanidine groups is 1. The SMILES string of the molecule is CCNC(=O)c1ccc(CNC(=NC)NC2CN(C(C)C)CC2C)cc1.I. The van der Waals surface area contributed by atoms with Crippen molar-refractivity contribution < 1.29 is 4.79 Å². The molecule has 0 saturated carbocycles. The van der Waals surface area contributed by atoms with Crippen molar-refractivity contribution in [2.45, 2.75) is 46.3 Å². The van der Waals surface area contributed by atoms with E-state index in [1.165, 1.54) is 0 Å². The summed E-state index contributed by atoms with van der Waals surface area (Å²) < 4.78 is 0. The quantitative estimate of drug-likeness (QED) is 0.328. The molecule has 1 aliphatic rings. The average Bonchev–Trinajstić information content (AvgIpc) is 3.00. The molecule has 1 saturated heterocycles. The van der Waals surface area contributed by atoms with Crippen LogP contribution < -0.4 is 16.0 Å². The Labute approximate surface area is 180 Å². The van der Waals surface area contributed by atoms with Crippen molar-refractivity contribution in [3.8, 4) is 0 Å². The molecular formula is C20H34IN5O. The van der Waals surface area contributed by atoms with Gasteiger partial charge in [0.25, 0.3) is 5.91 Å². The second-order valence-corrected chi connectivity index (χ2v) is 7.26. The van der Waals surface area contributed by atoms with Crippen molar-refractivity contribution in [1.82, 2.24) is 20.9 Å². The minimum Gasteiger partial charge on any atom is -0.352 e. The van der Waals surface area contributed by atoms with E-state index in [4.69, 9.17) is 0 Å². The normalized spacial score (nSPS) is 20.3. The minimum absolute atomic E-state index is 0. The fraction of sp³-hybridized carbons (Fsp3) is 0.600. The molecule has 6 nitrogen and oxygen atoms in total. The van der Waals surface area contributed by atoms with Gasteiger partial charge >= 0.3 is 0 Å². The first-order valence-corrected chi connectivity index (χ1v) is 9.53. The fourth-order valence-corrected chi connectivity index (χ4v) is 3.21. The van der Waals surface area contributed by atoms with Gasteiger partial charge in [0.1, 0.15) is 0 Å². The summed E-state index contributed by atoms with van der Waals surface area (Å²) >= 11 is 0. The lowest BCUT2D eigenvalue weighted by molar-refractivity contribution is 0.0956. The van der Waals surface area contributed by atoms with Crippen LogP contribution in [0.15, 0.2) is 29.3 Å². The summed E-state index contributed by atoms with van der Waals surface area (Å²) in [5.74, 6) is 1.38. The van der Waals surface area contributed by atoms with Gasteiger partial charge in [-0.25, -0.2) is 0 Å². The van der Waals surface area contributed by atoms with E-state index in [0.717, 1.165) is 24.6 Å². The van der Waals surface area contributed by atoms with Crippen LogP contribution in [-0.4, -0.2) is 55.5 Å². The van der Waals surface area contributed by atoms with Gasteiger partial charge in [-0.1, -0.05) is 19.1 Å². The highest BCUT2D eigenvalue weighted by molar-refractivity contribution is 14.0. The molecule has 152 valence electrons. The van der Waals surface area contributed by atoms with Gasteiger partial charge in [0.2, 0.25) is 0 Å². The number of hydrogen-bond acceptors (Lipinski definition) is 3. The number of hydrogen-bond donors (Lipinski definition) is 3. The van der Waals surface area contributed by atoms with Crippen molar-refractivity contribution in [2.24, 2.45) is 10.9 Å². The first kappa shape index (κ1) is 23.7. The van der Waals surface area contributed by atoms with Crippen molar-refractivity contribution in [1.29, 1.82) is 0 Å². The lowest BCUT2D eigenvalue weighted by Gasteiger charge is -2.22. The van der Waals surface area contributed by atoms with Crippen LogP contribution >= 0.6 is 24.0 Å². The molecule has 0 spiro atoms. The van der Waals surface area contributed by atoms with Crippen molar-refractivity contribution >= 4 is 35.8 Å². The molecule has 1 aliphatic heterocycles. The summed E-state index contributed by atoms with van der Waals surface area (Å²) in [7, 11) is 1.80. The molecule has 0 aromatic heterocycles. The van der Waals surface area contributed by atoms with Gasteiger partial charge in [-0.3, -0.25) is 14.7 Å². The minimum atomic E-state index is -0.0330. The molecule has 1 amide bonds. The van der Waals surface area contributed by atoms with E-state index in [1.807, 2.05) is 31.2 Å². The number of carbonyl (C=O) groups excluding carboxylic acids is 1. The number of rotatable bonds is 6. The Balaban J connectivity index is 0.00000364. The maximum absolute atomic E-state index is 11.8. The molecule has 1 fully saturated rings. The van der Waals surface area contributed by atoms with Crippen molar-refractivity contribution in [2.75, 3.05) is 26.7 Å². The highest BCUT2D eigenvalue weighted by Gasteiger charge is 2.31. The Bertz CT molecular complexity index is 617. The van der Waals surface area contributed by atoms with E-state index in [0.29, 0.717) is 36.7 Å². The molecule has 3 N–H and O–H groups in total. The van der Waals surface area contributed by atoms with Gasteiger partial charge in [-0.2, -0.15) is 0 Å². The molecule has 0 radical (unpaired) electrons. The zero-order valence-electron chi connectivity index (χ0n) is 17.1. The van der Waals surface area contributed by atoms with Crippen LogP contribution in [0.2, 0.25) is 0 Å². The second kappa shape index (κ2) is 11.5. The van der Waals surface area contributed by atoms with E-state index in [2.05, 4.69) is 46.6 Å². The fourth-order valence-electron chi connectivity index (χ4n) is 3.21. The van der Waals surface area contributed by atoms with E-state index < -0.39 is 0 Å². The number of nitrogens with zero attached hydrogens (tertiary/aromatic N) is 2. The molecule has 0 bridgehead atoms. The molecule has 2 unspecified atom stereocenters. The first-order chi connectivity index (χ1) is 12.4. The van der Waals surface area contributed by atoms with Crippen LogP contribution in [0.25, 0.3) is 0 Å². The highest BCUT2D eigenvalue weighted by Crippen LogP contribution is 2.18. The van der Waals surface area contributed by atoms with Crippen LogP contribution in [0.4, 0.5) is 0 Å². The number of likely N-dealkylation sites (tertiary alicyclic amines) is 1. The van der Waals surface area contributed by atoms with E-state index >= 15 is 0 Å². The van der Waals surface area contributed by atoms with Crippen LogP contribution in [0.1, 0.15) is 43.6 Å². The molecule has 2 atom stereocenters. The maximum atomic E-state index is 11.8. The zero-order chi connectivity index (χ0) is 19.1. The van der Waals surface area contributed by atoms with E-state index in [1.54, 1.807) is 7.05 Å². The van der Waals surface area contributed by atoms with Gasteiger partial charge in [0.05, 0.1) is 0 Å². The molecule has 1 aromatic rings. The third kappa shape index (κ3) is 6.95. The third-order valence-corrected chi connectivity index (χ3v) is 4.93. The number of aliphatic imine (C=N–C) groups is 1. The van der Waals surface area contributed by atoms with Gasteiger partial charge in [-0.05, 0) is 44.4 Å². The summed E-state index contributed by atoms with van der Waals surface area (Å²) in [5, 5.41) is 9.73. The summed E-state index contributed by atoms with van der Waals surface area (Å²) in [4.78, 5) is 18.7. The molecule has 7 heteroatoms. The molecule has 27 heavy (non-hydrogen) atoms. The van der Waals surface area contributed by atoms with Gasteiger partial charge in [-0.15, -0.1) is 24.0 Å². The lowest BCUT2D eigenvalue weighted by Crippen LogP contribution is -2.46. The second-order valence-electron chi connectivity index (χ2n) is 7.26. The van der Waals surface area contributed by atoms with Crippen molar-refractivity contribution in [3.63, 3.8) is 0 Å². The standard InChI is InChI=1S/C20H33N5O.HI/c1-6-22-19(26)17-9-7-16(8-10-17)11-23-20(21-5)24-18-13-25(14(2)3)12-15(18)4;/h7-10,14-15,18H,6,11-13H2,1-5H3,(H,22,26)(H2,21,23,24);1H. The summed E-state index contributed by atoms with van der Waals surface area (Å²) in [6.07, 6.45) is 0. The molecular weight excluding hydrogens is 453 g/mol. The Morgan fingerprint density at radius 3 is 2.41 bits per heavy atom. The van der Waals surface area contributed by atoms with Gasteiger partial charge in [0.15, 0.2) is 5.96 Å². The Morgan fingerprint density at radius 2 is 1.89 bits per heavy atom. The van der Waals surface area contributed by atoms with Gasteiger partial charge < -0.3 is 16.0 Å². The predicted octanol–water partition coefficient (Wildman–Crippen LogP) is 2.45. The summed E-state index contributed by atoms with van der Waals surface area (Å²) in [5.41, 5.74) is 1.80. The third-order valence-electron chi connectivity index (χ3n) is 4.93. The van der Waals surface area contributed by atoms with Crippen LogP contribution in [0.3, 0.4) is 0 Å². The number of nitrogens with one attached hydrogen (secondary N) is 3. The lowest BCUT2D eigenvalue weighted by atomic mass is 10.1. The van der Waals surface area contributed by atoms with Crippen LogP contribution in [-0.2, 0) is 6.54 Å². The molecule has 1 heterocycles. The number of halogens is 1. The number of carbonyl (C=O) groups is 1. The molecule has 2 rings (SSSR count). The average molecular weight is 487 g/mol. The summed E-state index contributed by atoms with van der Waals surface area (Å²) in [6, 6.07) is 8.65. The van der Waals surface area contributed by atoms with Crippen molar-refractivity contribution in [3.05, 3.63) is 35.4 Å². The molecule has 1 aromatic carbocycles. The topological polar surface area (TPSA) is 68.8 Å². The monoisotopic (exact) mass is 487 g/mol. The smallest absolute Gasteiger partial charge is 0.251 e. The zero-order valence-corrected chi connectivity index (χ0v) is 19.4. The first-order valence-electron chi connectivity index (χ1n) is 9.53. The Kier molecular flexibility index (Phi) is 10.1. The van der Waals surface area contributed by atoms with Gasteiger partial charge in [0, 0.05) is 50.9 Å². The summed E-state index contributed by atoms with van der Waals surface area (Å²) in [6.45, 7) is 12.2. The number of amides is 1. The number of benzene rings is 1.